The van der Waals surface area contributed by atoms with E-state index in [4.69, 9.17) is 16.2 Å². The molecule has 5 heteroatoms. The summed E-state index contributed by atoms with van der Waals surface area (Å²) in [5.41, 5.74) is 4.56. The summed E-state index contributed by atoms with van der Waals surface area (Å²) in [5, 5.41) is 18.4. The SMILES string of the molecule is N#CC(=NO)C(N)=S. The quantitative estimate of drug-likeness (QED) is 0.219. The lowest BCUT2D eigenvalue weighted by Gasteiger charge is -1.83. The second-order valence-corrected chi connectivity index (χ2v) is 1.36. The highest BCUT2D eigenvalue weighted by Crippen LogP contribution is 1.72. The molecule has 0 aliphatic rings. The molecule has 0 amide bonds. The highest BCUT2D eigenvalue weighted by atomic mass is 32.1. The van der Waals surface area contributed by atoms with Gasteiger partial charge in [-0.05, 0) is 0 Å². The van der Waals surface area contributed by atoms with Crippen LogP contribution < -0.4 is 5.73 Å². The van der Waals surface area contributed by atoms with E-state index in [-0.39, 0.29) is 10.7 Å². The average molecular weight is 129 g/mol. The van der Waals surface area contributed by atoms with Gasteiger partial charge in [-0.25, -0.2) is 0 Å². The number of hydrogen-bond acceptors (Lipinski definition) is 4. The highest BCUT2D eigenvalue weighted by Gasteiger charge is 1.97. The smallest absolute Gasteiger partial charge is 0.213 e. The van der Waals surface area contributed by atoms with Crippen LogP contribution in [-0.4, -0.2) is 15.9 Å². The molecular weight excluding hydrogens is 126 g/mol. The molecule has 0 rings (SSSR count). The summed E-state index contributed by atoms with van der Waals surface area (Å²) in [5.74, 6) is 0. The fraction of sp³-hybridized carbons (Fsp3) is 0. The van der Waals surface area contributed by atoms with E-state index < -0.39 is 0 Å². The molecule has 4 nitrogen and oxygen atoms in total. The Balaban J connectivity index is 4.20. The van der Waals surface area contributed by atoms with Crippen molar-refractivity contribution in [3.63, 3.8) is 0 Å². The fourth-order valence-corrected chi connectivity index (χ4v) is 0.213. The van der Waals surface area contributed by atoms with E-state index in [1.54, 1.807) is 0 Å². The third-order valence-electron chi connectivity index (χ3n) is 0.439. The summed E-state index contributed by atoms with van der Waals surface area (Å²) in [7, 11) is 0. The van der Waals surface area contributed by atoms with Gasteiger partial charge in [0.1, 0.15) is 11.1 Å². The first kappa shape index (κ1) is 6.85. The van der Waals surface area contributed by atoms with Gasteiger partial charge in [-0.3, -0.25) is 0 Å². The molecule has 0 radical (unpaired) electrons. The van der Waals surface area contributed by atoms with Gasteiger partial charge in [0.15, 0.2) is 0 Å². The first-order valence-corrected chi connectivity index (χ1v) is 2.05. The molecule has 0 aromatic rings. The fourth-order valence-electron chi connectivity index (χ4n) is 0.127. The van der Waals surface area contributed by atoms with Crippen LogP contribution in [0.5, 0.6) is 0 Å². The Bertz CT molecular complexity index is 168. The van der Waals surface area contributed by atoms with E-state index in [2.05, 4.69) is 17.4 Å². The van der Waals surface area contributed by atoms with Gasteiger partial charge >= 0.3 is 0 Å². The van der Waals surface area contributed by atoms with Crippen LogP contribution in [0.4, 0.5) is 0 Å². The molecular formula is C3H3N3OS. The number of nitrogens with zero attached hydrogens (tertiary/aromatic N) is 2. The monoisotopic (exact) mass is 129 g/mol. The molecule has 0 spiro atoms. The summed E-state index contributed by atoms with van der Waals surface area (Å²) in [6.07, 6.45) is 0. The van der Waals surface area contributed by atoms with Crippen molar-refractivity contribution in [1.29, 1.82) is 5.26 Å². The number of rotatable bonds is 1. The molecule has 0 heterocycles. The first-order valence-electron chi connectivity index (χ1n) is 1.64. The van der Waals surface area contributed by atoms with Crippen LogP contribution in [0.15, 0.2) is 5.16 Å². The van der Waals surface area contributed by atoms with Gasteiger partial charge in [0.2, 0.25) is 5.71 Å². The van der Waals surface area contributed by atoms with Gasteiger partial charge in [-0.15, -0.1) is 0 Å². The molecule has 42 valence electrons. The molecule has 0 bridgehead atoms. The van der Waals surface area contributed by atoms with Crippen molar-refractivity contribution in [2.75, 3.05) is 0 Å². The van der Waals surface area contributed by atoms with E-state index in [0.29, 0.717) is 0 Å². The lowest BCUT2D eigenvalue weighted by atomic mass is 10.4. The maximum Gasteiger partial charge on any atom is 0.213 e. The van der Waals surface area contributed by atoms with Crippen molar-refractivity contribution in [2.45, 2.75) is 0 Å². The Labute approximate surface area is 51.2 Å². The van der Waals surface area contributed by atoms with Gasteiger partial charge in [0.05, 0.1) is 0 Å². The van der Waals surface area contributed by atoms with Crippen LogP contribution in [0.25, 0.3) is 0 Å². The van der Waals surface area contributed by atoms with Crippen molar-refractivity contribution in [2.24, 2.45) is 10.9 Å². The molecule has 3 N–H and O–H groups in total. The van der Waals surface area contributed by atoms with Gasteiger partial charge in [-0.2, -0.15) is 5.26 Å². The van der Waals surface area contributed by atoms with Crippen molar-refractivity contribution in [1.82, 2.24) is 0 Å². The van der Waals surface area contributed by atoms with Crippen molar-refractivity contribution in [3.05, 3.63) is 0 Å². The number of oxime groups is 1. The lowest BCUT2D eigenvalue weighted by Crippen LogP contribution is -2.18. The molecule has 0 fully saturated rings. The van der Waals surface area contributed by atoms with Crippen LogP contribution >= 0.6 is 12.2 Å². The molecule has 0 aromatic heterocycles. The summed E-state index contributed by atoms with van der Waals surface area (Å²) in [4.78, 5) is -0.199. The van der Waals surface area contributed by atoms with Gasteiger partial charge in [-0.1, -0.05) is 17.4 Å². The molecule has 8 heavy (non-hydrogen) atoms. The Morgan fingerprint density at radius 3 is 2.38 bits per heavy atom. The topological polar surface area (TPSA) is 82.4 Å². The Kier molecular flexibility index (Phi) is 2.51. The van der Waals surface area contributed by atoms with Crippen LogP contribution in [0.2, 0.25) is 0 Å². The largest absolute Gasteiger partial charge is 0.410 e. The van der Waals surface area contributed by atoms with Crippen LogP contribution in [0.1, 0.15) is 0 Å². The molecule has 0 aliphatic carbocycles. The van der Waals surface area contributed by atoms with Gasteiger partial charge in [0.25, 0.3) is 0 Å². The number of hydrogen-bond donors (Lipinski definition) is 2. The minimum Gasteiger partial charge on any atom is -0.410 e. The van der Waals surface area contributed by atoms with E-state index in [1.807, 2.05) is 0 Å². The predicted octanol–water partition coefficient (Wildman–Crippen LogP) is -0.374. The zero-order valence-electron chi connectivity index (χ0n) is 3.83. The van der Waals surface area contributed by atoms with Crippen molar-refractivity contribution >= 4 is 22.9 Å². The van der Waals surface area contributed by atoms with E-state index in [1.165, 1.54) is 6.07 Å². The lowest BCUT2D eigenvalue weighted by molar-refractivity contribution is 0.321. The minimum absolute atomic E-state index is 0.199. The van der Waals surface area contributed by atoms with Crippen molar-refractivity contribution < 1.29 is 5.21 Å². The van der Waals surface area contributed by atoms with Gasteiger partial charge in [0, 0.05) is 0 Å². The van der Waals surface area contributed by atoms with Crippen LogP contribution in [0, 0.1) is 11.3 Å². The average Bonchev–Trinajstić information content (AvgIpc) is 1.69. The number of nitriles is 1. The Hall–Kier alpha value is -1.15. The second kappa shape index (κ2) is 2.93. The first-order chi connectivity index (χ1) is 3.72. The normalized spacial score (nSPS) is 10.1. The van der Waals surface area contributed by atoms with Crippen molar-refractivity contribution in [3.8, 4) is 6.07 Å². The molecule has 0 aromatic carbocycles. The van der Waals surface area contributed by atoms with Gasteiger partial charge < -0.3 is 10.9 Å². The molecule has 0 saturated carbocycles. The second-order valence-electron chi connectivity index (χ2n) is 0.925. The van der Waals surface area contributed by atoms with Crippen LogP contribution in [-0.2, 0) is 0 Å². The predicted molar refractivity (Wildman–Crippen MR) is 31.6 cm³/mol. The summed E-state index contributed by atoms with van der Waals surface area (Å²) in [6, 6.07) is 1.48. The van der Waals surface area contributed by atoms with E-state index in [0.717, 1.165) is 0 Å². The summed E-state index contributed by atoms with van der Waals surface area (Å²) >= 11 is 4.28. The number of thiocarbonyl (C=S) groups is 1. The molecule has 0 unspecified atom stereocenters. The highest BCUT2D eigenvalue weighted by molar-refractivity contribution is 7.82. The standard InChI is InChI=1S/C3H3N3OS/c4-1-2(6-7)3(5)8/h7H,(H2,5,8). The zero-order valence-corrected chi connectivity index (χ0v) is 4.64. The maximum atomic E-state index is 7.99. The summed E-state index contributed by atoms with van der Waals surface area (Å²) < 4.78 is 0. The van der Waals surface area contributed by atoms with E-state index in [9.17, 15) is 0 Å². The Morgan fingerprint density at radius 1 is 1.88 bits per heavy atom. The van der Waals surface area contributed by atoms with Crippen LogP contribution in [0.3, 0.4) is 0 Å². The summed E-state index contributed by atoms with van der Waals surface area (Å²) in [6.45, 7) is 0. The third kappa shape index (κ3) is 1.53. The minimum atomic E-state index is -0.319. The maximum absolute atomic E-state index is 7.99. The zero-order chi connectivity index (χ0) is 6.57. The third-order valence-corrected chi connectivity index (χ3v) is 0.633. The molecule has 0 saturated heterocycles. The number of nitrogens with two attached hydrogens (primary N) is 1. The van der Waals surface area contributed by atoms with E-state index >= 15 is 0 Å². The Morgan fingerprint density at radius 2 is 2.38 bits per heavy atom. The molecule has 0 aliphatic heterocycles. The molecule has 0 atom stereocenters.